The van der Waals surface area contributed by atoms with Crippen LogP contribution in [-0.2, 0) is 25.7 Å². The number of ketones is 1. The van der Waals surface area contributed by atoms with Crippen molar-refractivity contribution in [1.82, 2.24) is 20.5 Å². The van der Waals surface area contributed by atoms with E-state index in [4.69, 9.17) is 0 Å². The van der Waals surface area contributed by atoms with E-state index in [-0.39, 0.29) is 42.6 Å². The zero-order valence-electron chi connectivity index (χ0n) is 23.9. The van der Waals surface area contributed by atoms with Crippen molar-refractivity contribution in [2.24, 2.45) is 17.8 Å². The Kier molecular flexibility index (Phi) is 11.3. The molecular weight excluding hydrogens is 706 g/mol. The van der Waals surface area contributed by atoms with Gasteiger partial charge in [0.25, 0.3) is 17.4 Å². The van der Waals surface area contributed by atoms with E-state index in [9.17, 15) is 28.8 Å². The first-order chi connectivity index (χ1) is 20.5. The van der Waals surface area contributed by atoms with Crippen LogP contribution in [-0.4, -0.2) is 53.1 Å². The number of aromatic nitrogens is 1. The van der Waals surface area contributed by atoms with Gasteiger partial charge in [0.2, 0.25) is 17.6 Å². The number of hydrogen-bond acceptors (Lipinski definition) is 7. The second-order valence-electron chi connectivity index (χ2n) is 11.2. The molecule has 11 nitrogen and oxygen atoms in total. The molecule has 4 amide bonds. The minimum atomic E-state index is -1.24. The van der Waals surface area contributed by atoms with Gasteiger partial charge in [-0.15, -0.1) is 11.3 Å². The van der Waals surface area contributed by atoms with Crippen molar-refractivity contribution < 1.29 is 24.0 Å². The average Bonchev–Trinajstić information content (AvgIpc) is 3.32. The second kappa shape index (κ2) is 14.8. The van der Waals surface area contributed by atoms with Gasteiger partial charge in [-0.05, 0) is 93.5 Å². The van der Waals surface area contributed by atoms with E-state index < -0.39 is 35.1 Å². The lowest BCUT2D eigenvalue weighted by Crippen LogP contribution is -2.50. The molecule has 0 saturated heterocycles. The van der Waals surface area contributed by atoms with Crippen molar-refractivity contribution in [3.63, 3.8) is 0 Å². The summed E-state index contributed by atoms with van der Waals surface area (Å²) in [5.41, 5.74) is -0.398. The Morgan fingerprint density at radius 2 is 1.91 bits per heavy atom. The molecule has 2 fully saturated rings. The molecule has 232 valence electrons. The quantitative estimate of drug-likeness (QED) is 0.258. The molecule has 5 unspecified atom stereocenters. The molecule has 2 aliphatic rings. The predicted molar refractivity (Wildman–Crippen MR) is 170 cm³/mol. The normalized spacial score (nSPS) is 21.8. The predicted octanol–water partition coefficient (Wildman–Crippen LogP) is 3.60. The molecule has 2 aliphatic carbocycles. The van der Waals surface area contributed by atoms with Crippen LogP contribution in [0.2, 0.25) is 0 Å². The van der Waals surface area contributed by atoms with Crippen LogP contribution in [0.4, 0.5) is 5.69 Å². The number of Topliss-reactive ketones (excluding diaryl/α,β-unsaturated/α-hetero) is 1. The Balaban J connectivity index is 1.45. The number of thiophene rings is 1. The lowest BCUT2D eigenvalue weighted by molar-refractivity contribution is -0.137. The van der Waals surface area contributed by atoms with E-state index in [1.807, 2.05) is 0 Å². The molecule has 5 atom stereocenters. The molecule has 2 saturated carbocycles. The SMILES string of the molecule is CNC(=O)C(=O)CCC(NC(=O)c1cc(Br)sc1Br)C(=O)Nc1cccn(CC(=O)NC2C(C)CC3CCCC2C3)c1=O. The van der Waals surface area contributed by atoms with E-state index >= 15 is 0 Å². The number of rotatable bonds is 11. The molecule has 0 aromatic carbocycles. The molecule has 2 bridgehead atoms. The number of anilines is 1. The highest BCUT2D eigenvalue weighted by molar-refractivity contribution is 9.12. The topological polar surface area (TPSA) is 155 Å². The summed E-state index contributed by atoms with van der Waals surface area (Å²) in [6.07, 6.45) is 6.74. The Labute approximate surface area is 270 Å². The first-order valence-corrected chi connectivity index (χ1v) is 16.7. The summed E-state index contributed by atoms with van der Waals surface area (Å²) >= 11 is 7.90. The second-order valence-corrected chi connectivity index (χ2v) is 15.0. The van der Waals surface area contributed by atoms with E-state index in [1.54, 1.807) is 12.1 Å². The summed E-state index contributed by atoms with van der Waals surface area (Å²) in [6.45, 7) is 1.97. The standard InChI is InChI=1S/C29H35Br2N5O6S/c1-15-11-16-5-3-6-17(12-16)24(15)35-23(38)14-36-10-4-7-20(29(36)42)34-27(40)19(8-9-21(37)28(41)32-2)33-26(39)18-13-22(30)43-25(18)31/h4,7,10,13,15-17,19,24H,3,5-6,8-9,11-12,14H2,1-2H3,(H,32,41)(H,33,39)(H,34,40)(H,35,38). The highest BCUT2D eigenvalue weighted by Crippen LogP contribution is 2.42. The Bertz CT molecular complexity index is 1460. The van der Waals surface area contributed by atoms with Crippen LogP contribution in [0.1, 0.15) is 62.2 Å². The third-order valence-corrected chi connectivity index (χ3v) is 10.6. The van der Waals surface area contributed by atoms with Gasteiger partial charge in [0, 0.05) is 25.7 Å². The molecule has 2 heterocycles. The highest BCUT2D eigenvalue weighted by atomic mass is 79.9. The van der Waals surface area contributed by atoms with Crippen LogP contribution in [0.3, 0.4) is 0 Å². The summed E-state index contributed by atoms with van der Waals surface area (Å²) in [6, 6.07) is 3.36. The van der Waals surface area contributed by atoms with Gasteiger partial charge in [0.05, 0.1) is 13.1 Å². The fourth-order valence-corrected chi connectivity index (χ4v) is 8.95. The number of amides is 4. The molecule has 43 heavy (non-hydrogen) atoms. The van der Waals surface area contributed by atoms with Crippen molar-refractivity contribution in [2.45, 2.75) is 70.5 Å². The number of likely N-dealkylation sites (N-methyl/N-ethyl adjacent to an activating group) is 1. The van der Waals surface area contributed by atoms with Crippen LogP contribution in [0.5, 0.6) is 0 Å². The van der Waals surface area contributed by atoms with Crippen molar-refractivity contribution in [3.05, 3.63) is 47.9 Å². The Hall–Kier alpha value is -2.84. The zero-order valence-corrected chi connectivity index (χ0v) is 27.9. The first kappa shape index (κ1) is 33.1. The van der Waals surface area contributed by atoms with Gasteiger partial charge in [-0.3, -0.25) is 28.8 Å². The van der Waals surface area contributed by atoms with Crippen molar-refractivity contribution in [3.8, 4) is 0 Å². The molecule has 0 spiro atoms. The number of pyridine rings is 1. The lowest BCUT2D eigenvalue weighted by atomic mass is 9.65. The Morgan fingerprint density at radius 3 is 2.60 bits per heavy atom. The number of hydrogen-bond donors (Lipinski definition) is 4. The number of halogens is 2. The summed E-state index contributed by atoms with van der Waals surface area (Å²) in [7, 11) is 1.32. The van der Waals surface area contributed by atoms with Gasteiger partial charge >= 0.3 is 0 Å². The third kappa shape index (κ3) is 8.42. The maximum atomic E-state index is 13.3. The maximum Gasteiger partial charge on any atom is 0.287 e. The molecule has 4 rings (SSSR count). The van der Waals surface area contributed by atoms with Gasteiger partial charge in [-0.2, -0.15) is 0 Å². The minimum Gasteiger partial charge on any atom is -0.353 e. The van der Waals surface area contributed by atoms with Crippen molar-refractivity contribution >= 4 is 78.3 Å². The van der Waals surface area contributed by atoms with Gasteiger partial charge in [-0.25, -0.2) is 0 Å². The van der Waals surface area contributed by atoms with Crippen molar-refractivity contribution in [2.75, 3.05) is 12.4 Å². The summed E-state index contributed by atoms with van der Waals surface area (Å²) in [5.74, 6) is -1.61. The fourth-order valence-electron chi connectivity index (χ4n) is 6.16. The first-order valence-electron chi connectivity index (χ1n) is 14.3. The van der Waals surface area contributed by atoms with Gasteiger partial charge in [0.1, 0.15) is 18.3 Å². The smallest absolute Gasteiger partial charge is 0.287 e. The highest BCUT2D eigenvalue weighted by Gasteiger charge is 2.38. The maximum absolute atomic E-state index is 13.3. The Morgan fingerprint density at radius 1 is 1.14 bits per heavy atom. The van der Waals surface area contributed by atoms with Crippen molar-refractivity contribution in [1.29, 1.82) is 0 Å². The fraction of sp³-hybridized carbons (Fsp3) is 0.517. The molecule has 4 N–H and O–H groups in total. The largest absolute Gasteiger partial charge is 0.353 e. The van der Waals surface area contributed by atoms with Crippen LogP contribution in [0.25, 0.3) is 0 Å². The van der Waals surface area contributed by atoms with Crippen LogP contribution in [0.15, 0.2) is 36.8 Å². The van der Waals surface area contributed by atoms with E-state index in [0.717, 1.165) is 25.2 Å². The number of carbonyl (C=O) groups excluding carboxylic acids is 5. The molecule has 0 aliphatic heterocycles. The van der Waals surface area contributed by atoms with E-state index in [0.29, 0.717) is 19.4 Å². The van der Waals surface area contributed by atoms with Gasteiger partial charge in [-0.1, -0.05) is 19.8 Å². The van der Waals surface area contributed by atoms with E-state index in [1.165, 1.54) is 48.1 Å². The monoisotopic (exact) mass is 739 g/mol. The average molecular weight is 742 g/mol. The number of carbonyl (C=O) groups is 5. The summed E-state index contributed by atoms with van der Waals surface area (Å²) in [5, 5.41) is 10.5. The molecule has 14 heteroatoms. The number of nitrogens with one attached hydrogen (secondary N) is 4. The van der Waals surface area contributed by atoms with Gasteiger partial charge < -0.3 is 25.8 Å². The number of nitrogens with zero attached hydrogens (tertiary/aromatic N) is 1. The molecule has 2 aromatic heterocycles. The van der Waals surface area contributed by atoms with E-state index in [2.05, 4.69) is 60.1 Å². The third-order valence-electron chi connectivity index (χ3n) is 8.23. The van der Waals surface area contributed by atoms with Crippen LogP contribution < -0.4 is 26.8 Å². The zero-order chi connectivity index (χ0) is 31.3. The summed E-state index contributed by atoms with van der Waals surface area (Å²) < 4.78 is 2.45. The minimum absolute atomic E-state index is 0.0772. The molecule has 2 aromatic rings. The summed E-state index contributed by atoms with van der Waals surface area (Å²) in [4.78, 5) is 76.4. The number of fused-ring (bicyclic) bond motifs is 2. The van der Waals surface area contributed by atoms with Crippen LogP contribution in [0, 0.1) is 17.8 Å². The lowest BCUT2D eigenvalue weighted by Gasteiger charge is -2.44. The molecular formula is C29H35Br2N5O6S. The van der Waals surface area contributed by atoms with Crippen LogP contribution >= 0.6 is 43.2 Å². The molecule has 0 radical (unpaired) electrons. The van der Waals surface area contributed by atoms with Gasteiger partial charge in [0.15, 0.2) is 0 Å².